The largest absolute Gasteiger partial charge is 0.366 e. The highest BCUT2D eigenvalue weighted by molar-refractivity contribution is 9.10. The molecule has 6 heteroatoms. The number of nitrogens with zero attached hydrogens (tertiary/aromatic N) is 3. The molecule has 0 unspecified atom stereocenters. The Balaban J connectivity index is 2.33. The predicted octanol–water partition coefficient (Wildman–Crippen LogP) is 0.341. The average Bonchev–Trinajstić information content (AvgIpc) is 2.26. The van der Waals surface area contributed by atoms with Crippen molar-refractivity contribution in [3.63, 3.8) is 0 Å². The first-order chi connectivity index (χ1) is 7.59. The first kappa shape index (κ1) is 11.6. The zero-order valence-electron chi connectivity index (χ0n) is 9.40. The lowest BCUT2D eigenvalue weighted by atomic mass is 10.2. The third kappa shape index (κ3) is 2.12. The van der Waals surface area contributed by atoms with Gasteiger partial charge in [-0.05, 0) is 22.9 Å². The molecule has 1 aliphatic rings. The Hall–Kier alpha value is -0.880. The lowest BCUT2D eigenvalue weighted by Gasteiger charge is -2.33. The number of nitrogens with one attached hydrogen (secondary N) is 1. The Morgan fingerprint density at radius 1 is 1.62 bits per heavy atom. The van der Waals surface area contributed by atoms with Gasteiger partial charge in [-0.25, -0.2) is 4.68 Å². The number of rotatable bonds is 1. The lowest BCUT2D eigenvalue weighted by Crippen LogP contribution is -2.49. The van der Waals surface area contributed by atoms with Crippen molar-refractivity contribution in [2.45, 2.75) is 13.0 Å². The Morgan fingerprint density at radius 3 is 3.06 bits per heavy atom. The third-order valence-electron chi connectivity index (χ3n) is 2.77. The molecule has 1 aliphatic heterocycles. The van der Waals surface area contributed by atoms with Gasteiger partial charge in [0.1, 0.15) is 4.47 Å². The number of hydrogen-bond acceptors (Lipinski definition) is 4. The summed E-state index contributed by atoms with van der Waals surface area (Å²) in [5.41, 5.74) is 0.792. The van der Waals surface area contributed by atoms with Crippen molar-refractivity contribution in [2.24, 2.45) is 7.05 Å². The van der Waals surface area contributed by atoms with Crippen molar-refractivity contribution in [1.29, 1.82) is 0 Å². The Morgan fingerprint density at radius 2 is 2.38 bits per heavy atom. The van der Waals surface area contributed by atoms with Crippen LogP contribution in [0.5, 0.6) is 0 Å². The maximum Gasteiger partial charge on any atom is 0.282 e. The van der Waals surface area contributed by atoms with Crippen LogP contribution >= 0.6 is 15.9 Å². The SMILES string of the molecule is C[C@@H]1CN(c2cnn(C)c(=O)c2Br)CCN1. The van der Waals surface area contributed by atoms with Crippen molar-refractivity contribution >= 4 is 21.6 Å². The molecule has 1 aromatic rings. The Kier molecular flexibility index (Phi) is 3.30. The quantitative estimate of drug-likeness (QED) is 0.809. The van der Waals surface area contributed by atoms with E-state index in [2.05, 4.69) is 38.2 Å². The molecule has 1 N–H and O–H groups in total. The molecule has 1 atom stereocenters. The van der Waals surface area contributed by atoms with Gasteiger partial charge in [-0.15, -0.1) is 0 Å². The van der Waals surface area contributed by atoms with E-state index in [4.69, 9.17) is 0 Å². The summed E-state index contributed by atoms with van der Waals surface area (Å²) < 4.78 is 1.93. The molecular formula is C10H15BrN4O. The number of aryl methyl sites for hydroxylation is 1. The van der Waals surface area contributed by atoms with Gasteiger partial charge in [-0.1, -0.05) is 0 Å². The summed E-state index contributed by atoms with van der Waals surface area (Å²) in [6.45, 7) is 4.86. The van der Waals surface area contributed by atoms with Crippen molar-refractivity contribution in [2.75, 3.05) is 24.5 Å². The molecule has 0 spiro atoms. The second kappa shape index (κ2) is 4.55. The summed E-state index contributed by atoms with van der Waals surface area (Å²) in [4.78, 5) is 13.9. The minimum atomic E-state index is -0.0938. The van der Waals surface area contributed by atoms with Gasteiger partial charge < -0.3 is 10.2 Å². The minimum Gasteiger partial charge on any atom is -0.366 e. The molecular weight excluding hydrogens is 272 g/mol. The molecule has 2 rings (SSSR count). The van der Waals surface area contributed by atoms with Gasteiger partial charge in [0.05, 0.1) is 11.9 Å². The van der Waals surface area contributed by atoms with Crippen LogP contribution < -0.4 is 15.8 Å². The highest BCUT2D eigenvalue weighted by Gasteiger charge is 2.19. The van der Waals surface area contributed by atoms with E-state index in [9.17, 15) is 4.79 Å². The van der Waals surface area contributed by atoms with Gasteiger partial charge in [0.2, 0.25) is 0 Å². The first-order valence-corrected chi connectivity index (χ1v) is 6.09. The fourth-order valence-electron chi connectivity index (χ4n) is 1.87. The highest BCUT2D eigenvalue weighted by atomic mass is 79.9. The molecule has 1 fully saturated rings. The van der Waals surface area contributed by atoms with Crippen LogP contribution in [0.15, 0.2) is 15.5 Å². The molecule has 1 aromatic heterocycles. The second-order valence-corrected chi connectivity index (χ2v) is 4.87. The van der Waals surface area contributed by atoms with Crippen molar-refractivity contribution in [3.8, 4) is 0 Å². The van der Waals surface area contributed by atoms with E-state index in [0.29, 0.717) is 10.5 Å². The number of aromatic nitrogens is 2. The number of piperazine rings is 1. The van der Waals surface area contributed by atoms with Crippen LogP contribution in [0.25, 0.3) is 0 Å². The smallest absolute Gasteiger partial charge is 0.282 e. The maximum absolute atomic E-state index is 11.7. The van der Waals surface area contributed by atoms with E-state index in [-0.39, 0.29) is 5.56 Å². The van der Waals surface area contributed by atoms with Crippen LogP contribution in [0, 0.1) is 0 Å². The minimum absolute atomic E-state index is 0.0938. The molecule has 0 amide bonds. The third-order valence-corrected chi connectivity index (χ3v) is 3.51. The fraction of sp³-hybridized carbons (Fsp3) is 0.600. The summed E-state index contributed by atoms with van der Waals surface area (Å²) >= 11 is 3.35. The maximum atomic E-state index is 11.7. The van der Waals surface area contributed by atoms with Gasteiger partial charge in [-0.3, -0.25) is 4.79 Å². The summed E-state index contributed by atoms with van der Waals surface area (Å²) in [5, 5.41) is 7.42. The highest BCUT2D eigenvalue weighted by Crippen LogP contribution is 2.22. The van der Waals surface area contributed by atoms with E-state index in [1.54, 1.807) is 13.2 Å². The van der Waals surface area contributed by atoms with Gasteiger partial charge in [0.15, 0.2) is 0 Å². The van der Waals surface area contributed by atoms with E-state index in [1.807, 2.05) is 0 Å². The predicted molar refractivity (Wildman–Crippen MR) is 66.9 cm³/mol. The molecule has 5 nitrogen and oxygen atoms in total. The van der Waals surface area contributed by atoms with Gasteiger partial charge in [0.25, 0.3) is 5.56 Å². The number of anilines is 1. The van der Waals surface area contributed by atoms with E-state index in [0.717, 1.165) is 25.3 Å². The monoisotopic (exact) mass is 286 g/mol. The second-order valence-electron chi connectivity index (χ2n) is 4.07. The standard InChI is InChI=1S/C10H15BrN4O/c1-7-6-15(4-3-12-7)8-5-13-14(2)10(16)9(8)11/h5,7,12H,3-4,6H2,1-2H3/t7-/m1/s1. The fourth-order valence-corrected chi connectivity index (χ4v) is 2.48. The number of hydrogen-bond donors (Lipinski definition) is 1. The first-order valence-electron chi connectivity index (χ1n) is 5.29. The average molecular weight is 287 g/mol. The summed E-state index contributed by atoms with van der Waals surface area (Å²) in [7, 11) is 1.65. The van der Waals surface area contributed by atoms with Crippen LogP contribution in [-0.2, 0) is 7.05 Å². The molecule has 2 heterocycles. The van der Waals surface area contributed by atoms with Crippen molar-refractivity contribution in [3.05, 3.63) is 21.0 Å². The Labute approximate surface area is 103 Å². The van der Waals surface area contributed by atoms with Gasteiger partial charge >= 0.3 is 0 Å². The van der Waals surface area contributed by atoms with Crippen LogP contribution in [0.2, 0.25) is 0 Å². The van der Waals surface area contributed by atoms with Crippen LogP contribution in [0.1, 0.15) is 6.92 Å². The summed E-state index contributed by atoms with van der Waals surface area (Å²) in [6, 6.07) is 0.435. The van der Waals surface area contributed by atoms with Gasteiger partial charge in [-0.2, -0.15) is 5.10 Å². The van der Waals surface area contributed by atoms with E-state index in [1.165, 1.54) is 4.68 Å². The van der Waals surface area contributed by atoms with Gasteiger partial charge in [0, 0.05) is 32.7 Å². The topological polar surface area (TPSA) is 50.2 Å². The number of halogens is 1. The van der Waals surface area contributed by atoms with Crippen LogP contribution in [-0.4, -0.2) is 35.5 Å². The zero-order chi connectivity index (χ0) is 11.7. The molecule has 16 heavy (non-hydrogen) atoms. The van der Waals surface area contributed by atoms with Crippen LogP contribution in [0.4, 0.5) is 5.69 Å². The molecule has 88 valence electrons. The Bertz CT molecular complexity index is 445. The van der Waals surface area contributed by atoms with E-state index < -0.39 is 0 Å². The zero-order valence-corrected chi connectivity index (χ0v) is 11.0. The lowest BCUT2D eigenvalue weighted by molar-refractivity contribution is 0.483. The summed E-state index contributed by atoms with van der Waals surface area (Å²) in [6.07, 6.45) is 1.74. The normalized spacial score (nSPS) is 21.2. The van der Waals surface area contributed by atoms with Crippen molar-refractivity contribution in [1.82, 2.24) is 15.1 Å². The van der Waals surface area contributed by atoms with E-state index >= 15 is 0 Å². The molecule has 0 aromatic carbocycles. The molecule has 0 bridgehead atoms. The van der Waals surface area contributed by atoms with Crippen LogP contribution in [0.3, 0.4) is 0 Å². The molecule has 0 radical (unpaired) electrons. The van der Waals surface area contributed by atoms with Crippen molar-refractivity contribution < 1.29 is 0 Å². The summed E-state index contributed by atoms with van der Waals surface area (Å²) in [5.74, 6) is 0. The molecule has 0 aliphatic carbocycles. The molecule has 0 saturated carbocycles. The molecule has 1 saturated heterocycles.